The molecule has 2 atom stereocenters. The summed E-state index contributed by atoms with van der Waals surface area (Å²) in [5.74, 6) is 0.641. The molecule has 0 amide bonds. The molecular weight excluding hydrogens is 232 g/mol. The molecule has 0 saturated carbocycles. The summed E-state index contributed by atoms with van der Waals surface area (Å²) in [5.41, 5.74) is 9.22. The fraction of sp³-hybridized carbons (Fsp3) is 0.647. The summed E-state index contributed by atoms with van der Waals surface area (Å²) in [6, 6.07) is 9.40. The topological polar surface area (TPSA) is 29.3 Å². The van der Waals surface area contributed by atoms with E-state index in [0.29, 0.717) is 18.5 Å². The Labute approximate surface area is 118 Å². The maximum absolute atomic E-state index is 6.25. The van der Waals surface area contributed by atoms with Gasteiger partial charge in [-0.05, 0) is 50.3 Å². The van der Waals surface area contributed by atoms with Gasteiger partial charge in [-0.1, -0.05) is 38.1 Å². The third kappa shape index (κ3) is 2.44. The molecule has 106 valence electrons. The van der Waals surface area contributed by atoms with Crippen LogP contribution in [0, 0.1) is 5.92 Å². The number of fused-ring (bicyclic) bond motifs is 1. The van der Waals surface area contributed by atoms with Gasteiger partial charge in [0.2, 0.25) is 0 Å². The summed E-state index contributed by atoms with van der Waals surface area (Å²) in [6.45, 7) is 7.61. The molecule has 19 heavy (non-hydrogen) atoms. The highest BCUT2D eigenvalue weighted by molar-refractivity contribution is 5.37. The highest BCUT2D eigenvalue weighted by Crippen LogP contribution is 2.40. The molecule has 1 aromatic rings. The first-order valence-electron chi connectivity index (χ1n) is 7.54. The summed E-state index contributed by atoms with van der Waals surface area (Å²) >= 11 is 0. The second kappa shape index (κ2) is 5.64. The van der Waals surface area contributed by atoms with Gasteiger partial charge in [0, 0.05) is 12.6 Å². The first-order valence-corrected chi connectivity index (χ1v) is 7.54. The predicted octanol–water partition coefficient (Wildman–Crippen LogP) is 3.15. The molecular formula is C17H28N2. The van der Waals surface area contributed by atoms with Crippen LogP contribution < -0.4 is 5.73 Å². The van der Waals surface area contributed by atoms with Crippen molar-refractivity contribution in [3.63, 3.8) is 0 Å². The van der Waals surface area contributed by atoms with E-state index in [2.05, 4.69) is 57.0 Å². The van der Waals surface area contributed by atoms with Crippen LogP contribution in [0.5, 0.6) is 0 Å². The third-order valence-corrected chi connectivity index (χ3v) is 5.14. The minimum Gasteiger partial charge on any atom is -0.328 e. The van der Waals surface area contributed by atoms with Crippen molar-refractivity contribution in [2.45, 2.75) is 51.6 Å². The lowest BCUT2D eigenvalue weighted by Gasteiger charge is -2.49. The fourth-order valence-electron chi connectivity index (χ4n) is 3.46. The zero-order chi connectivity index (χ0) is 14.0. The molecule has 2 nitrogen and oxygen atoms in total. The second-order valence-electron chi connectivity index (χ2n) is 6.34. The van der Waals surface area contributed by atoms with E-state index in [9.17, 15) is 0 Å². The Morgan fingerprint density at radius 2 is 1.95 bits per heavy atom. The predicted molar refractivity (Wildman–Crippen MR) is 82.2 cm³/mol. The Kier molecular flexibility index (Phi) is 4.32. The number of rotatable bonds is 4. The van der Waals surface area contributed by atoms with Crippen LogP contribution in [0.1, 0.15) is 44.7 Å². The van der Waals surface area contributed by atoms with Gasteiger partial charge in [0.15, 0.2) is 0 Å². The number of hydrogen-bond donors (Lipinski definition) is 1. The largest absolute Gasteiger partial charge is 0.328 e. The van der Waals surface area contributed by atoms with Gasteiger partial charge >= 0.3 is 0 Å². The number of nitrogens with zero attached hydrogens (tertiary/aromatic N) is 1. The summed E-state index contributed by atoms with van der Waals surface area (Å²) < 4.78 is 0. The minimum absolute atomic E-state index is 0.0263. The molecule has 0 bridgehead atoms. The van der Waals surface area contributed by atoms with Crippen LogP contribution in [0.25, 0.3) is 0 Å². The van der Waals surface area contributed by atoms with Gasteiger partial charge in [0.1, 0.15) is 0 Å². The third-order valence-electron chi connectivity index (χ3n) is 5.14. The van der Waals surface area contributed by atoms with Gasteiger partial charge in [-0.3, -0.25) is 4.90 Å². The van der Waals surface area contributed by atoms with E-state index in [1.54, 1.807) is 0 Å². The lowest BCUT2D eigenvalue weighted by Crippen LogP contribution is -2.55. The maximum Gasteiger partial charge on any atom is 0.0586 e. The van der Waals surface area contributed by atoms with E-state index in [-0.39, 0.29) is 5.54 Å². The normalized spacial score (nSPS) is 24.6. The van der Waals surface area contributed by atoms with E-state index >= 15 is 0 Å². The average Bonchev–Trinajstić information content (AvgIpc) is 2.44. The Morgan fingerprint density at radius 1 is 1.26 bits per heavy atom. The van der Waals surface area contributed by atoms with Gasteiger partial charge in [-0.2, -0.15) is 0 Å². The van der Waals surface area contributed by atoms with Gasteiger partial charge in [0.25, 0.3) is 0 Å². The number of hydrogen-bond acceptors (Lipinski definition) is 2. The Morgan fingerprint density at radius 3 is 2.58 bits per heavy atom. The summed E-state index contributed by atoms with van der Waals surface area (Å²) in [5, 5.41) is 0. The Balaban J connectivity index is 2.44. The van der Waals surface area contributed by atoms with Gasteiger partial charge in [0.05, 0.1) is 5.54 Å². The molecule has 0 aliphatic heterocycles. The molecule has 0 saturated heterocycles. The molecule has 0 aromatic heterocycles. The van der Waals surface area contributed by atoms with Gasteiger partial charge in [-0.15, -0.1) is 0 Å². The van der Waals surface area contributed by atoms with Crippen LogP contribution >= 0.6 is 0 Å². The molecule has 1 aliphatic carbocycles. The molecule has 0 spiro atoms. The van der Waals surface area contributed by atoms with Gasteiger partial charge in [-0.25, -0.2) is 0 Å². The van der Waals surface area contributed by atoms with E-state index in [1.165, 1.54) is 30.4 Å². The molecule has 0 fully saturated rings. The van der Waals surface area contributed by atoms with Gasteiger partial charge < -0.3 is 5.73 Å². The SMILES string of the molecule is CC(C)C(C)N(C)C1(CN)CCCc2ccccc21. The zero-order valence-electron chi connectivity index (χ0n) is 12.8. The summed E-state index contributed by atoms with van der Waals surface area (Å²) in [4.78, 5) is 2.52. The minimum atomic E-state index is 0.0263. The summed E-state index contributed by atoms with van der Waals surface area (Å²) in [6.07, 6.45) is 3.61. The molecule has 2 heteroatoms. The van der Waals surface area contributed by atoms with Crippen molar-refractivity contribution < 1.29 is 0 Å². The molecule has 2 rings (SSSR count). The Hall–Kier alpha value is -0.860. The van der Waals surface area contributed by atoms with Crippen molar-refractivity contribution in [1.82, 2.24) is 4.90 Å². The van der Waals surface area contributed by atoms with Crippen molar-refractivity contribution >= 4 is 0 Å². The zero-order valence-corrected chi connectivity index (χ0v) is 12.8. The molecule has 2 N–H and O–H groups in total. The standard InChI is InChI=1S/C17H28N2/c1-13(2)14(3)19(4)17(12-18)11-7-9-15-8-5-6-10-16(15)17/h5-6,8,10,13-14H,7,9,11-12,18H2,1-4H3. The van der Waals surface area contributed by atoms with Crippen LogP contribution in [0.2, 0.25) is 0 Å². The lowest BCUT2D eigenvalue weighted by atomic mass is 9.74. The average molecular weight is 260 g/mol. The van der Waals surface area contributed by atoms with E-state index < -0.39 is 0 Å². The van der Waals surface area contributed by atoms with E-state index in [1.807, 2.05) is 0 Å². The molecule has 1 aromatic carbocycles. The van der Waals surface area contributed by atoms with Crippen molar-refractivity contribution in [2.75, 3.05) is 13.6 Å². The van der Waals surface area contributed by atoms with E-state index in [4.69, 9.17) is 5.73 Å². The fourth-order valence-corrected chi connectivity index (χ4v) is 3.46. The quantitative estimate of drug-likeness (QED) is 0.901. The monoisotopic (exact) mass is 260 g/mol. The first-order chi connectivity index (χ1) is 9.03. The number of aryl methyl sites for hydroxylation is 1. The first kappa shape index (κ1) is 14.5. The smallest absolute Gasteiger partial charge is 0.0586 e. The van der Waals surface area contributed by atoms with Crippen LogP contribution in [0.4, 0.5) is 0 Å². The maximum atomic E-state index is 6.25. The molecule has 0 heterocycles. The highest BCUT2D eigenvalue weighted by Gasteiger charge is 2.40. The Bertz CT molecular complexity index is 427. The molecule has 2 unspecified atom stereocenters. The number of likely N-dealkylation sites (N-methyl/N-ethyl adjacent to an activating group) is 1. The summed E-state index contributed by atoms with van der Waals surface area (Å²) in [7, 11) is 2.25. The van der Waals surface area contributed by atoms with Crippen LogP contribution in [0.3, 0.4) is 0 Å². The van der Waals surface area contributed by atoms with Crippen LogP contribution in [-0.2, 0) is 12.0 Å². The molecule has 0 radical (unpaired) electrons. The number of nitrogens with two attached hydrogens (primary N) is 1. The number of benzene rings is 1. The highest BCUT2D eigenvalue weighted by atomic mass is 15.2. The van der Waals surface area contributed by atoms with Crippen molar-refractivity contribution in [1.29, 1.82) is 0 Å². The van der Waals surface area contributed by atoms with Crippen LogP contribution in [0.15, 0.2) is 24.3 Å². The van der Waals surface area contributed by atoms with Crippen molar-refractivity contribution in [2.24, 2.45) is 11.7 Å². The second-order valence-corrected chi connectivity index (χ2v) is 6.34. The van der Waals surface area contributed by atoms with Crippen LogP contribution in [-0.4, -0.2) is 24.5 Å². The molecule has 1 aliphatic rings. The lowest BCUT2D eigenvalue weighted by molar-refractivity contribution is 0.0459. The van der Waals surface area contributed by atoms with Crippen molar-refractivity contribution in [3.05, 3.63) is 35.4 Å². The van der Waals surface area contributed by atoms with E-state index in [0.717, 1.165) is 0 Å². The van der Waals surface area contributed by atoms with Crippen molar-refractivity contribution in [3.8, 4) is 0 Å².